The third-order valence-electron chi connectivity index (χ3n) is 5.33. The molecule has 2 atom stereocenters. The summed E-state index contributed by atoms with van der Waals surface area (Å²) in [7, 11) is 0. The summed E-state index contributed by atoms with van der Waals surface area (Å²) in [5.41, 5.74) is -0.227. The molecule has 124 valence electrons. The third-order valence-corrected chi connectivity index (χ3v) is 5.33. The van der Waals surface area contributed by atoms with Crippen LogP contribution in [0.3, 0.4) is 0 Å². The van der Waals surface area contributed by atoms with E-state index in [-0.39, 0.29) is 17.4 Å². The number of ketones is 1. The van der Waals surface area contributed by atoms with E-state index in [1.165, 1.54) is 12.1 Å². The first-order chi connectivity index (χ1) is 10.9. The molecule has 0 aromatic heterocycles. The van der Waals surface area contributed by atoms with Gasteiger partial charge in [-0.1, -0.05) is 0 Å². The van der Waals surface area contributed by atoms with Gasteiger partial charge in [-0.15, -0.1) is 0 Å². The van der Waals surface area contributed by atoms with E-state index < -0.39 is 11.7 Å². The van der Waals surface area contributed by atoms with E-state index in [0.717, 1.165) is 43.6 Å². The number of carbonyl (C=O) groups excluding carboxylic acids is 1. The minimum absolute atomic E-state index is 0.211. The normalized spacial score (nSPS) is 30.6. The molecule has 3 nitrogen and oxygen atoms in total. The molecule has 0 amide bonds. The first kappa shape index (κ1) is 15.0. The molecular weight excluding hydrogens is 305 g/mol. The van der Waals surface area contributed by atoms with Gasteiger partial charge in [-0.2, -0.15) is 13.2 Å². The molecule has 1 aromatic carbocycles. The Kier molecular flexibility index (Phi) is 3.24. The van der Waals surface area contributed by atoms with Gasteiger partial charge in [0.15, 0.2) is 0 Å². The van der Waals surface area contributed by atoms with Crippen LogP contribution in [0.25, 0.3) is 0 Å². The molecule has 2 unspecified atom stereocenters. The maximum atomic E-state index is 12.7. The zero-order chi connectivity index (χ0) is 16.2. The van der Waals surface area contributed by atoms with Crippen LogP contribution in [0.2, 0.25) is 0 Å². The van der Waals surface area contributed by atoms with Crippen LogP contribution >= 0.6 is 0 Å². The van der Waals surface area contributed by atoms with E-state index >= 15 is 0 Å². The highest BCUT2D eigenvalue weighted by atomic mass is 19.4. The zero-order valence-electron chi connectivity index (χ0n) is 12.7. The Labute approximate surface area is 132 Å². The molecule has 2 aliphatic heterocycles. The molecule has 1 saturated carbocycles. The molecule has 4 rings (SSSR count). The molecule has 6 heteroatoms. The zero-order valence-corrected chi connectivity index (χ0v) is 12.7. The van der Waals surface area contributed by atoms with Crippen LogP contribution in [0.1, 0.15) is 24.8 Å². The fourth-order valence-electron chi connectivity index (χ4n) is 4.00. The number of nitrogens with one attached hydrogen (secondary N) is 1. The van der Waals surface area contributed by atoms with E-state index in [4.69, 9.17) is 0 Å². The summed E-state index contributed by atoms with van der Waals surface area (Å²) in [6.07, 6.45) is -1.47. The van der Waals surface area contributed by atoms with Crippen LogP contribution in [0.5, 0.6) is 0 Å². The van der Waals surface area contributed by atoms with E-state index in [1.54, 1.807) is 0 Å². The van der Waals surface area contributed by atoms with Gasteiger partial charge in [0.1, 0.15) is 5.78 Å². The van der Waals surface area contributed by atoms with Crippen molar-refractivity contribution in [3.05, 3.63) is 29.8 Å². The highest BCUT2D eigenvalue weighted by Gasteiger charge is 2.53. The number of fused-ring (bicyclic) bond motifs is 2. The lowest BCUT2D eigenvalue weighted by Gasteiger charge is -2.40. The number of carbonyl (C=O) groups is 1. The standard InChI is InChI=1S/C17H19F3N2O/c18-17(19,20)12-3-5-14(6-4-12)22-8-13-7-16(10-22,9-21-13)15(23)11-1-2-11/h3-6,11,13,21H,1-2,7-10H2. The van der Waals surface area contributed by atoms with Crippen molar-refractivity contribution >= 4 is 11.5 Å². The molecule has 0 spiro atoms. The molecule has 3 aliphatic rings. The van der Waals surface area contributed by atoms with Crippen LogP contribution in [0.4, 0.5) is 18.9 Å². The van der Waals surface area contributed by atoms with Gasteiger partial charge in [0.05, 0.1) is 11.0 Å². The first-order valence-corrected chi connectivity index (χ1v) is 8.07. The van der Waals surface area contributed by atoms with E-state index in [1.807, 2.05) is 0 Å². The van der Waals surface area contributed by atoms with Crippen LogP contribution in [0, 0.1) is 11.3 Å². The second kappa shape index (κ2) is 4.97. The molecular formula is C17H19F3N2O. The lowest BCUT2D eigenvalue weighted by molar-refractivity contribution is -0.137. The molecule has 2 saturated heterocycles. The number of anilines is 1. The number of alkyl halides is 3. The molecule has 0 radical (unpaired) electrons. The summed E-state index contributed by atoms with van der Waals surface area (Å²) in [6.45, 7) is 2.05. The van der Waals surface area contributed by atoms with Crippen molar-refractivity contribution in [2.75, 3.05) is 24.5 Å². The topological polar surface area (TPSA) is 32.3 Å². The van der Waals surface area contributed by atoms with Gasteiger partial charge in [0.2, 0.25) is 0 Å². The maximum Gasteiger partial charge on any atom is 0.416 e. The summed E-state index contributed by atoms with van der Waals surface area (Å²) in [5, 5.41) is 3.42. The second-order valence-electron chi connectivity index (χ2n) is 7.13. The Morgan fingerprint density at radius 1 is 1.22 bits per heavy atom. The Morgan fingerprint density at radius 2 is 1.91 bits per heavy atom. The molecule has 23 heavy (non-hydrogen) atoms. The van der Waals surface area contributed by atoms with Gasteiger partial charge in [-0.25, -0.2) is 0 Å². The Balaban J connectivity index is 1.57. The lowest BCUT2D eigenvalue weighted by atomic mass is 9.76. The summed E-state index contributed by atoms with van der Waals surface area (Å²) in [4.78, 5) is 14.8. The van der Waals surface area contributed by atoms with E-state index in [2.05, 4.69) is 10.2 Å². The van der Waals surface area contributed by atoms with Crippen molar-refractivity contribution in [3.8, 4) is 0 Å². The molecule has 1 aliphatic carbocycles. The van der Waals surface area contributed by atoms with Gasteiger partial charge in [0, 0.05) is 37.3 Å². The fourth-order valence-corrected chi connectivity index (χ4v) is 4.00. The number of nitrogens with zero attached hydrogens (tertiary/aromatic N) is 1. The minimum Gasteiger partial charge on any atom is -0.369 e. The van der Waals surface area contributed by atoms with Crippen molar-refractivity contribution in [1.29, 1.82) is 0 Å². The van der Waals surface area contributed by atoms with Crippen molar-refractivity contribution in [1.82, 2.24) is 5.32 Å². The Bertz CT molecular complexity index is 624. The van der Waals surface area contributed by atoms with E-state index in [9.17, 15) is 18.0 Å². The van der Waals surface area contributed by atoms with Crippen LogP contribution < -0.4 is 10.2 Å². The Morgan fingerprint density at radius 3 is 2.52 bits per heavy atom. The highest BCUT2D eigenvalue weighted by Crippen LogP contribution is 2.44. The average molecular weight is 324 g/mol. The summed E-state index contributed by atoms with van der Waals surface area (Å²) >= 11 is 0. The fraction of sp³-hybridized carbons (Fsp3) is 0.588. The third kappa shape index (κ3) is 2.63. The molecule has 1 aromatic rings. The molecule has 2 bridgehead atoms. The van der Waals surface area contributed by atoms with Crippen LogP contribution in [0.15, 0.2) is 24.3 Å². The maximum absolute atomic E-state index is 12.7. The number of piperidine rings is 1. The van der Waals surface area contributed by atoms with Gasteiger partial charge < -0.3 is 10.2 Å². The van der Waals surface area contributed by atoms with Gasteiger partial charge in [-0.05, 0) is 43.5 Å². The summed E-state index contributed by atoms with van der Waals surface area (Å²) in [5.74, 6) is 0.562. The van der Waals surface area contributed by atoms with Crippen LogP contribution in [-0.4, -0.2) is 31.5 Å². The minimum atomic E-state index is -4.32. The number of Topliss-reactive ketones (excluding diaryl/α,β-unsaturated/α-hetero) is 1. The van der Waals surface area contributed by atoms with Gasteiger partial charge in [0.25, 0.3) is 0 Å². The number of hydrogen-bond acceptors (Lipinski definition) is 3. The number of rotatable bonds is 3. The van der Waals surface area contributed by atoms with Crippen molar-refractivity contribution in [2.45, 2.75) is 31.5 Å². The predicted octanol–water partition coefficient (Wildman–Crippen LogP) is 2.85. The molecule has 1 N–H and O–H groups in total. The van der Waals surface area contributed by atoms with Crippen molar-refractivity contribution in [2.24, 2.45) is 11.3 Å². The monoisotopic (exact) mass is 324 g/mol. The smallest absolute Gasteiger partial charge is 0.369 e. The van der Waals surface area contributed by atoms with Crippen LogP contribution in [-0.2, 0) is 11.0 Å². The quantitative estimate of drug-likeness (QED) is 0.928. The summed E-state index contributed by atoms with van der Waals surface area (Å²) < 4.78 is 38.1. The van der Waals surface area contributed by atoms with Crippen molar-refractivity contribution < 1.29 is 18.0 Å². The largest absolute Gasteiger partial charge is 0.416 e. The number of halogens is 3. The molecule has 2 heterocycles. The SMILES string of the molecule is O=C(C1CC1)C12CNC(CN(c3ccc(C(F)(F)F)cc3)C1)C2. The summed E-state index contributed by atoms with van der Waals surface area (Å²) in [6, 6.07) is 5.52. The van der Waals surface area contributed by atoms with Gasteiger partial charge >= 0.3 is 6.18 Å². The highest BCUT2D eigenvalue weighted by molar-refractivity contribution is 5.90. The van der Waals surface area contributed by atoms with E-state index in [0.29, 0.717) is 18.9 Å². The first-order valence-electron chi connectivity index (χ1n) is 8.07. The number of hydrogen-bond donors (Lipinski definition) is 1. The lowest BCUT2D eigenvalue weighted by Crippen LogP contribution is -2.50. The predicted molar refractivity (Wildman–Crippen MR) is 80.2 cm³/mol. The van der Waals surface area contributed by atoms with Gasteiger partial charge in [-0.3, -0.25) is 4.79 Å². The number of benzene rings is 1. The molecule has 3 fully saturated rings. The Hall–Kier alpha value is -1.56. The van der Waals surface area contributed by atoms with Crippen molar-refractivity contribution in [3.63, 3.8) is 0 Å². The average Bonchev–Trinajstić information content (AvgIpc) is 3.32. The second-order valence-corrected chi connectivity index (χ2v) is 7.13.